The summed E-state index contributed by atoms with van der Waals surface area (Å²) in [7, 11) is 6.11. The van der Waals surface area contributed by atoms with Crippen LogP contribution in [-0.4, -0.2) is 44.6 Å². The molecule has 0 unspecified atom stereocenters. The third-order valence-corrected chi connectivity index (χ3v) is 8.06. The zero-order chi connectivity index (χ0) is 31.4. The van der Waals surface area contributed by atoms with Crippen LogP contribution in [0.4, 0.5) is 0 Å². The molecular weight excluding hydrogens is 568 g/mol. The Kier molecular flexibility index (Phi) is 7.07. The lowest BCUT2D eigenvalue weighted by atomic mass is 9.80. The van der Waals surface area contributed by atoms with Crippen molar-refractivity contribution in [2.24, 2.45) is 0 Å². The molecule has 228 valence electrons. The number of benzene rings is 4. The summed E-state index contributed by atoms with van der Waals surface area (Å²) in [6.45, 7) is 4.93. The van der Waals surface area contributed by atoms with Gasteiger partial charge in [0.15, 0.2) is 5.76 Å². The number of hydrogen-bond acceptors (Lipinski definition) is 10. The van der Waals surface area contributed by atoms with Gasteiger partial charge in [-0.1, -0.05) is 0 Å². The Morgan fingerprint density at radius 2 is 1.27 bits per heavy atom. The number of phenolic OH excluding ortho intramolecular Hbond substituents is 2. The number of fused-ring (bicyclic) bond motifs is 4. The first-order valence-electron chi connectivity index (χ1n) is 13.8. The number of rotatable bonds is 6. The molecule has 2 N–H and O–H groups in total. The lowest BCUT2D eigenvalue weighted by molar-refractivity contribution is -0.134. The molecule has 0 amide bonds. The largest absolute Gasteiger partial charge is 0.507 e. The van der Waals surface area contributed by atoms with E-state index in [2.05, 4.69) is 0 Å². The van der Waals surface area contributed by atoms with Gasteiger partial charge < -0.3 is 43.4 Å². The van der Waals surface area contributed by atoms with Gasteiger partial charge in [0.25, 0.3) is 0 Å². The van der Waals surface area contributed by atoms with Crippen molar-refractivity contribution in [2.45, 2.75) is 34.0 Å². The van der Waals surface area contributed by atoms with E-state index in [0.29, 0.717) is 89.4 Å². The Labute approximate surface area is 253 Å². The molecule has 0 spiro atoms. The van der Waals surface area contributed by atoms with E-state index in [9.17, 15) is 15.0 Å². The van der Waals surface area contributed by atoms with Crippen LogP contribution in [-0.2, 0) is 32.2 Å². The predicted octanol–water partition coefficient (Wildman–Crippen LogP) is 6.78. The molecule has 4 aromatic carbocycles. The maximum atomic E-state index is 12.5. The molecule has 0 bridgehead atoms. The van der Waals surface area contributed by atoms with E-state index in [1.165, 1.54) is 28.3 Å². The van der Waals surface area contributed by atoms with Crippen LogP contribution in [0.25, 0.3) is 44.5 Å². The fourth-order valence-electron chi connectivity index (χ4n) is 6.10. The second-order valence-corrected chi connectivity index (χ2v) is 10.5. The van der Waals surface area contributed by atoms with Crippen molar-refractivity contribution in [1.29, 1.82) is 0 Å². The summed E-state index contributed by atoms with van der Waals surface area (Å²) in [6.07, 6.45) is 1.85. The molecule has 0 atom stereocenters. The molecular formula is C34H32O10. The highest BCUT2D eigenvalue weighted by Crippen LogP contribution is 2.56. The third kappa shape index (κ3) is 4.28. The topological polar surface area (TPSA) is 122 Å². The zero-order valence-corrected chi connectivity index (χ0v) is 25.5. The minimum atomic E-state index is -0.561. The van der Waals surface area contributed by atoms with Crippen molar-refractivity contribution in [3.05, 3.63) is 58.0 Å². The minimum Gasteiger partial charge on any atom is -0.507 e. The Balaban J connectivity index is 1.97. The second-order valence-electron chi connectivity index (χ2n) is 10.5. The molecule has 0 fully saturated rings. The lowest BCUT2D eigenvalue weighted by Gasteiger charge is -2.30. The van der Waals surface area contributed by atoms with E-state index >= 15 is 0 Å². The maximum absolute atomic E-state index is 12.5. The van der Waals surface area contributed by atoms with E-state index < -0.39 is 5.97 Å². The molecule has 2 aliphatic rings. The van der Waals surface area contributed by atoms with Crippen molar-refractivity contribution in [3.8, 4) is 45.6 Å². The number of esters is 1. The maximum Gasteiger partial charge on any atom is 0.308 e. The summed E-state index contributed by atoms with van der Waals surface area (Å²) in [4.78, 5) is 12.5. The van der Waals surface area contributed by atoms with Gasteiger partial charge in [0, 0.05) is 52.1 Å². The molecule has 0 saturated carbocycles. The molecule has 10 heteroatoms. The van der Waals surface area contributed by atoms with E-state index in [-0.39, 0.29) is 30.5 Å². The lowest BCUT2D eigenvalue weighted by Crippen LogP contribution is -2.14. The number of carbonyl (C=O) groups excluding carboxylic acids is 1. The van der Waals surface area contributed by atoms with Gasteiger partial charge in [-0.25, -0.2) is 0 Å². The fraction of sp³-hybridized carbons (Fsp3) is 0.265. The summed E-state index contributed by atoms with van der Waals surface area (Å²) in [5, 5.41) is 25.5. The van der Waals surface area contributed by atoms with Crippen molar-refractivity contribution >= 4 is 39.3 Å². The van der Waals surface area contributed by atoms with Crippen LogP contribution in [0, 0.1) is 0 Å². The highest BCUT2D eigenvalue weighted by molar-refractivity contribution is 6.18. The molecule has 0 aromatic heterocycles. The molecule has 2 aliphatic heterocycles. The molecule has 4 aromatic rings. The van der Waals surface area contributed by atoms with E-state index in [0.717, 1.165) is 0 Å². The van der Waals surface area contributed by atoms with Crippen molar-refractivity contribution in [2.75, 3.05) is 28.4 Å². The number of carbonyl (C=O) groups is 1. The molecule has 0 saturated heterocycles. The van der Waals surface area contributed by atoms with Gasteiger partial charge in [-0.05, 0) is 43.2 Å². The Morgan fingerprint density at radius 1 is 0.727 bits per heavy atom. The summed E-state index contributed by atoms with van der Waals surface area (Å²) in [6, 6.07) is 6.99. The number of aromatic hydroxyl groups is 2. The van der Waals surface area contributed by atoms with Crippen LogP contribution in [0.3, 0.4) is 0 Å². The molecule has 10 nitrogen and oxygen atoms in total. The average molecular weight is 601 g/mol. The Morgan fingerprint density at radius 3 is 1.82 bits per heavy atom. The van der Waals surface area contributed by atoms with Crippen LogP contribution in [0.1, 0.15) is 43.0 Å². The van der Waals surface area contributed by atoms with Gasteiger partial charge in [-0.3, -0.25) is 4.79 Å². The van der Waals surface area contributed by atoms with Gasteiger partial charge in [0.1, 0.15) is 53.5 Å². The summed E-state index contributed by atoms with van der Waals surface area (Å²) in [5.74, 6) is 2.23. The molecule has 44 heavy (non-hydrogen) atoms. The smallest absolute Gasteiger partial charge is 0.308 e. The first kappa shape index (κ1) is 28.9. The van der Waals surface area contributed by atoms with Crippen molar-refractivity contribution in [3.63, 3.8) is 0 Å². The summed E-state index contributed by atoms with van der Waals surface area (Å²) >= 11 is 0. The van der Waals surface area contributed by atoms with Crippen LogP contribution in [0.2, 0.25) is 0 Å². The van der Waals surface area contributed by atoms with Crippen molar-refractivity contribution in [1.82, 2.24) is 0 Å². The van der Waals surface area contributed by atoms with E-state index in [1.807, 2.05) is 19.1 Å². The Hall–Kier alpha value is -5.25. The molecule has 0 radical (unpaired) electrons. The number of allylic oxidation sites excluding steroid dienone is 2. The molecule has 0 aliphatic carbocycles. The number of phenols is 2. The highest BCUT2D eigenvalue weighted by Gasteiger charge is 2.35. The zero-order valence-electron chi connectivity index (χ0n) is 25.5. The van der Waals surface area contributed by atoms with Gasteiger partial charge >= 0.3 is 5.97 Å². The van der Waals surface area contributed by atoms with E-state index in [1.54, 1.807) is 32.2 Å². The minimum absolute atomic E-state index is 0.00127. The SMILES string of the molecule is COc1cc(OC)c2c(O)c3c(c(-c4c5c(c(O)c6c(OC)cc(OC)cc46)COC(C)=C5OC(C)=O)c2c1)C=C(C)OC3. The van der Waals surface area contributed by atoms with Gasteiger partial charge in [0.2, 0.25) is 0 Å². The molecule has 6 rings (SSSR count). The number of methoxy groups -OCH3 is 4. The number of ether oxygens (including phenoxy) is 7. The van der Waals surface area contributed by atoms with Crippen LogP contribution < -0.4 is 18.9 Å². The average Bonchev–Trinajstić information content (AvgIpc) is 3.01. The first-order valence-corrected chi connectivity index (χ1v) is 13.8. The fourth-order valence-corrected chi connectivity index (χ4v) is 6.10. The quantitative estimate of drug-likeness (QED) is 0.229. The van der Waals surface area contributed by atoms with E-state index in [4.69, 9.17) is 33.2 Å². The standard InChI is InChI=1S/C34H32O10/c1-15-8-20-23(13-42-15)32(36)28-21(9-18(38-4)11-25(28)40-6)27(20)30-22-10-19(39-5)12-26(41-7)29(22)33(37)24-14-43-16(2)34(31(24)30)44-17(3)35/h8-12,36-37H,13-14H2,1-7H3. The Bertz CT molecular complexity index is 1950. The normalized spacial score (nSPS) is 13.8. The van der Waals surface area contributed by atoms with Crippen LogP contribution in [0.5, 0.6) is 34.5 Å². The predicted molar refractivity (Wildman–Crippen MR) is 164 cm³/mol. The second kappa shape index (κ2) is 10.8. The number of hydrogen-bond donors (Lipinski definition) is 2. The highest BCUT2D eigenvalue weighted by atomic mass is 16.6. The van der Waals surface area contributed by atoms with Crippen molar-refractivity contribution < 1.29 is 48.2 Å². The van der Waals surface area contributed by atoms with Gasteiger partial charge in [-0.15, -0.1) is 0 Å². The van der Waals surface area contributed by atoms with Gasteiger partial charge in [-0.2, -0.15) is 0 Å². The summed E-state index contributed by atoms with van der Waals surface area (Å²) in [5.41, 5.74) is 3.31. The summed E-state index contributed by atoms with van der Waals surface area (Å²) < 4.78 is 40.5. The third-order valence-electron chi connectivity index (χ3n) is 8.06. The van der Waals surface area contributed by atoms with Crippen LogP contribution >= 0.6 is 0 Å². The van der Waals surface area contributed by atoms with Crippen LogP contribution in [0.15, 0.2) is 35.8 Å². The first-order chi connectivity index (χ1) is 21.1. The molecule has 2 heterocycles. The van der Waals surface area contributed by atoms with Gasteiger partial charge in [0.05, 0.1) is 45.0 Å². The monoisotopic (exact) mass is 600 g/mol.